The topological polar surface area (TPSA) is 150 Å². The summed E-state index contributed by atoms with van der Waals surface area (Å²) >= 11 is 6.33. The van der Waals surface area contributed by atoms with E-state index in [1.807, 2.05) is 6.08 Å². The van der Waals surface area contributed by atoms with Gasteiger partial charge in [0.15, 0.2) is 0 Å². The van der Waals surface area contributed by atoms with Gasteiger partial charge >= 0.3 is 0 Å². The van der Waals surface area contributed by atoms with Crippen molar-refractivity contribution >= 4 is 52.3 Å². The number of phenolic OH excluding ortho intramolecular Hbond substituents is 1. The van der Waals surface area contributed by atoms with Crippen molar-refractivity contribution in [2.45, 2.75) is 31.1 Å². The molecule has 6 atom stereocenters. The Bertz CT molecular complexity index is 2230. The number of imide groups is 2. The van der Waals surface area contributed by atoms with Gasteiger partial charge in [-0.1, -0.05) is 47.5 Å². The van der Waals surface area contributed by atoms with Crippen LogP contribution >= 0.6 is 11.6 Å². The van der Waals surface area contributed by atoms with Crippen LogP contribution in [0, 0.1) is 46.5 Å². The first-order chi connectivity index (χ1) is 24.9. The zero-order chi connectivity index (χ0) is 36.6. The minimum absolute atomic E-state index is 0.0367. The highest BCUT2D eigenvalue weighted by atomic mass is 35.5. The van der Waals surface area contributed by atoms with Gasteiger partial charge in [-0.05, 0) is 97.0 Å². The van der Waals surface area contributed by atoms with Crippen molar-refractivity contribution in [3.05, 3.63) is 140 Å². The molecular formula is C39H30ClFN4O7. The summed E-state index contributed by atoms with van der Waals surface area (Å²) in [6.07, 6.45) is 2.13. The summed E-state index contributed by atoms with van der Waals surface area (Å²) in [5.41, 5.74) is 4.06. The van der Waals surface area contributed by atoms with Gasteiger partial charge in [0.25, 0.3) is 17.5 Å². The molecule has 4 amide bonds. The number of halogens is 2. The summed E-state index contributed by atoms with van der Waals surface area (Å²) in [6, 6.07) is 22.2. The lowest BCUT2D eigenvalue weighted by atomic mass is 9.49. The average Bonchev–Trinajstić information content (AvgIpc) is 3.51. The molecule has 0 spiro atoms. The van der Waals surface area contributed by atoms with Crippen molar-refractivity contribution in [2.24, 2.45) is 23.7 Å². The third-order valence-electron chi connectivity index (χ3n) is 11.1. The number of phenols is 1. The molecule has 2 N–H and O–H groups in total. The van der Waals surface area contributed by atoms with Gasteiger partial charge in [0.1, 0.15) is 11.6 Å². The largest absolute Gasteiger partial charge is 0.508 e. The Morgan fingerprint density at radius 2 is 1.60 bits per heavy atom. The molecule has 8 rings (SSSR count). The number of amides is 4. The van der Waals surface area contributed by atoms with E-state index in [4.69, 9.17) is 11.6 Å². The van der Waals surface area contributed by atoms with Gasteiger partial charge in [0.2, 0.25) is 11.8 Å². The molecule has 4 aromatic carbocycles. The molecule has 2 heterocycles. The molecule has 1 saturated carbocycles. The number of fused-ring (bicyclic) bond motifs is 4. The number of hydrazine groups is 1. The number of nitrogens with zero attached hydrogens (tertiary/aromatic N) is 3. The summed E-state index contributed by atoms with van der Waals surface area (Å²) < 4.78 is 13.8. The van der Waals surface area contributed by atoms with Crippen molar-refractivity contribution in [2.75, 3.05) is 10.3 Å². The second kappa shape index (κ2) is 12.1. The quantitative estimate of drug-likeness (QED) is 0.0981. The fourth-order valence-electron chi connectivity index (χ4n) is 8.87. The summed E-state index contributed by atoms with van der Waals surface area (Å²) in [7, 11) is 0. The molecule has 2 aliphatic carbocycles. The Balaban J connectivity index is 1.30. The summed E-state index contributed by atoms with van der Waals surface area (Å²) in [5.74, 6) is -6.67. The summed E-state index contributed by atoms with van der Waals surface area (Å²) in [6.45, 7) is 1.72. The second-order valence-electron chi connectivity index (χ2n) is 13.7. The number of nitro benzene ring substituents is 1. The van der Waals surface area contributed by atoms with Gasteiger partial charge in [-0.25, -0.2) is 4.39 Å². The molecule has 4 aliphatic rings. The Labute approximate surface area is 301 Å². The fraction of sp³-hybridized carbons (Fsp3) is 0.231. The fourth-order valence-corrected chi connectivity index (χ4v) is 8.99. The van der Waals surface area contributed by atoms with Crippen LogP contribution in [0.5, 0.6) is 5.75 Å². The van der Waals surface area contributed by atoms with Gasteiger partial charge < -0.3 is 5.11 Å². The number of carbonyl (C=O) groups excluding carboxylic acids is 4. The van der Waals surface area contributed by atoms with Crippen molar-refractivity contribution in [3.63, 3.8) is 0 Å². The van der Waals surface area contributed by atoms with Crippen LogP contribution in [0.15, 0.2) is 103 Å². The van der Waals surface area contributed by atoms with E-state index in [1.54, 1.807) is 43.3 Å². The van der Waals surface area contributed by atoms with Crippen molar-refractivity contribution in [3.8, 4) is 5.75 Å². The number of nitrogens with one attached hydrogen (secondary N) is 1. The standard InChI is InChI=1S/C39H30ClFN4O7/c1-20-18-21(2-17-32(20)46)34-28-15-16-29-33(37(49)43(35(29)47)26-11-13-27(14-12-26)45(51)52)30(28)19-31-36(48)44(42-25-9-7-24(41)8-10-25)38(50)39(31,34)22-3-5-23(40)6-4-22/h2-15,17-18,29-31,33-34,42,46H,16,19H2,1H3. The number of rotatable bonds is 6. The molecule has 0 aromatic heterocycles. The van der Waals surface area contributed by atoms with Crippen LogP contribution in [0.1, 0.15) is 35.4 Å². The number of aromatic hydroxyl groups is 1. The monoisotopic (exact) mass is 720 g/mol. The molecule has 2 aliphatic heterocycles. The minimum atomic E-state index is -1.56. The molecule has 0 bridgehead atoms. The van der Waals surface area contributed by atoms with Crippen LogP contribution in [0.2, 0.25) is 5.02 Å². The maximum atomic E-state index is 15.2. The SMILES string of the molecule is Cc1cc(C2C3=CCC4C(=O)N(c5ccc([N+](=O)[O-])cc5)C(=O)C4C3CC3C(=O)N(Nc4ccc(F)cc4)C(=O)C32c2ccc(Cl)cc2)ccc1O. The normalized spacial score (nSPS) is 26.5. The lowest BCUT2D eigenvalue weighted by molar-refractivity contribution is -0.384. The highest BCUT2D eigenvalue weighted by Gasteiger charge is 2.70. The Morgan fingerprint density at radius 3 is 2.25 bits per heavy atom. The van der Waals surface area contributed by atoms with Gasteiger partial charge in [-0.2, -0.15) is 5.01 Å². The second-order valence-corrected chi connectivity index (χ2v) is 14.1. The highest BCUT2D eigenvalue weighted by Crippen LogP contribution is 2.64. The predicted octanol–water partition coefficient (Wildman–Crippen LogP) is 6.59. The number of allylic oxidation sites excluding steroid dienone is 2. The number of nitro groups is 1. The number of aryl methyl sites for hydroxylation is 1. The van der Waals surface area contributed by atoms with Crippen molar-refractivity contribution in [1.82, 2.24) is 5.01 Å². The van der Waals surface area contributed by atoms with Crippen LogP contribution in [-0.2, 0) is 24.6 Å². The van der Waals surface area contributed by atoms with Crippen LogP contribution in [-0.4, -0.2) is 38.7 Å². The number of benzene rings is 4. The first kappa shape index (κ1) is 33.3. The van der Waals surface area contributed by atoms with Gasteiger partial charge in [0.05, 0.1) is 39.5 Å². The van der Waals surface area contributed by atoms with Crippen molar-refractivity contribution in [1.29, 1.82) is 0 Å². The minimum Gasteiger partial charge on any atom is -0.508 e. The van der Waals surface area contributed by atoms with E-state index in [-0.39, 0.29) is 30.0 Å². The highest BCUT2D eigenvalue weighted by molar-refractivity contribution is 6.30. The number of hydrogen-bond donors (Lipinski definition) is 2. The molecule has 13 heteroatoms. The first-order valence-electron chi connectivity index (χ1n) is 16.7. The lowest BCUT2D eigenvalue weighted by Crippen LogP contribution is -2.53. The van der Waals surface area contributed by atoms with Crippen LogP contribution < -0.4 is 10.3 Å². The molecule has 6 unspecified atom stereocenters. The average molecular weight is 721 g/mol. The smallest absolute Gasteiger partial charge is 0.269 e. The van der Waals surface area contributed by atoms with E-state index < -0.39 is 69.4 Å². The van der Waals surface area contributed by atoms with E-state index >= 15 is 4.79 Å². The Morgan fingerprint density at radius 1 is 0.904 bits per heavy atom. The Kier molecular flexibility index (Phi) is 7.76. The maximum Gasteiger partial charge on any atom is 0.269 e. The number of anilines is 2. The van der Waals surface area contributed by atoms with Crippen molar-refractivity contribution < 1.29 is 33.6 Å². The number of carbonyl (C=O) groups is 4. The molecule has 52 heavy (non-hydrogen) atoms. The van der Waals surface area contributed by atoms with Gasteiger partial charge in [-0.15, -0.1) is 0 Å². The van der Waals surface area contributed by atoms with Gasteiger partial charge in [-0.3, -0.25) is 39.6 Å². The molecule has 3 fully saturated rings. The molecule has 262 valence electrons. The van der Waals surface area contributed by atoms with E-state index in [0.717, 1.165) is 9.91 Å². The molecule has 11 nitrogen and oxygen atoms in total. The maximum absolute atomic E-state index is 15.2. The number of hydrogen-bond acceptors (Lipinski definition) is 8. The molecular weight excluding hydrogens is 691 g/mol. The Hall–Kier alpha value is -5.88. The number of non-ortho nitro benzene ring substituents is 1. The lowest BCUT2D eigenvalue weighted by Gasteiger charge is -2.50. The van der Waals surface area contributed by atoms with E-state index in [0.29, 0.717) is 33.0 Å². The van der Waals surface area contributed by atoms with E-state index in [2.05, 4.69) is 5.43 Å². The molecule has 4 aromatic rings. The van der Waals surface area contributed by atoms with E-state index in [9.17, 15) is 34.0 Å². The molecule has 0 radical (unpaired) electrons. The molecule has 2 saturated heterocycles. The van der Waals surface area contributed by atoms with Crippen LogP contribution in [0.3, 0.4) is 0 Å². The predicted molar refractivity (Wildman–Crippen MR) is 187 cm³/mol. The summed E-state index contributed by atoms with van der Waals surface area (Å²) in [5, 5.41) is 23.2. The third kappa shape index (κ3) is 4.85. The zero-order valence-corrected chi connectivity index (χ0v) is 28.3. The first-order valence-corrected chi connectivity index (χ1v) is 17.1. The third-order valence-corrected chi connectivity index (χ3v) is 11.4. The van der Waals surface area contributed by atoms with E-state index in [1.165, 1.54) is 54.6 Å². The zero-order valence-electron chi connectivity index (χ0n) is 27.5. The van der Waals surface area contributed by atoms with Crippen LogP contribution in [0.25, 0.3) is 0 Å². The van der Waals surface area contributed by atoms with Gasteiger partial charge in [0, 0.05) is 23.1 Å². The summed E-state index contributed by atoms with van der Waals surface area (Å²) in [4.78, 5) is 70.1. The van der Waals surface area contributed by atoms with Crippen LogP contribution in [0.4, 0.5) is 21.5 Å².